The zero-order valence-corrected chi connectivity index (χ0v) is 17.9. The standard InChI is InChI=1S/C17H29N2O8P/c1-10(2)26-28(23,27-11(3)4)9-24-17(6)13(20)7-14(25-17)19-8-12(5)15(21)18-16(19)22/h8,10-11,13-14,20H,7,9H2,1-6H3,(H,18,21,22)/t13-,14+,17+/m0/s1. The Bertz CT molecular complexity index is 834. The summed E-state index contributed by atoms with van der Waals surface area (Å²) in [6.07, 6.45) is -1.70. The van der Waals surface area contributed by atoms with Gasteiger partial charge < -0.3 is 23.6 Å². The molecule has 3 atom stereocenters. The predicted octanol–water partition coefficient (Wildman–Crippen LogP) is 1.86. The number of hydrogen-bond donors (Lipinski definition) is 2. The lowest BCUT2D eigenvalue weighted by molar-refractivity contribution is -0.249. The predicted molar refractivity (Wildman–Crippen MR) is 101 cm³/mol. The third kappa shape index (κ3) is 5.40. The molecule has 0 aromatic carbocycles. The zero-order chi connectivity index (χ0) is 21.3. The van der Waals surface area contributed by atoms with Crippen LogP contribution in [-0.4, -0.2) is 45.1 Å². The van der Waals surface area contributed by atoms with Crippen molar-refractivity contribution in [3.05, 3.63) is 32.6 Å². The molecule has 2 heterocycles. The van der Waals surface area contributed by atoms with E-state index in [2.05, 4.69) is 4.98 Å². The van der Waals surface area contributed by atoms with Crippen LogP contribution in [0.2, 0.25) is 0 Å². The van der Waals surface area contributed by atoms with Crippen molar-refractivity contribution in [1.82, 2.24) is 9.55 Å². The summed E-state index contributed by atoms with van der Waals surface area (Å²) >= 11 is 0. The third-order valence-corrected chi connectivity index (χ3v) is 6.04. The summed E-state index contributed by atoms with van der Waals surface area (Å²) in [5, 5.41) is 10.4. The molecule has 2 N–H and O–H groups in total. The van der Waals surface area contributed by atoms with Crippen molar-refractivity contribution in [2.45, 2.75) is 78.3 Å². The molecular weight excluding hydrogens is 391 g/mol. The number of aromatic amines is 1. The second-order valence-electron chi connectivity index (χ2n) is 7.51. The van der Waals surface area contributed by atoms with Gasteiger partial charge in [-0.3, -0.25) is 18.9 Å². The lowest BCUT2D eigenvalue weighted by Crippen LogP contribution is -2.40. The van der Waals surface area contributed by atoms with E-state index in [-0.39, 0.29) is 18.6 Å². The van der Waals surface area contributed by atoms with Crippen LogP contribution in [0.5, 0.6) is 0 Å². The van der Waals surface area contributed by atoms with Gasteiger partial charge >= 0.3 is 13.3 Å². The van der Waals surface area contributed by atoms with Gasteiger partial charge in [0.25, 0.3) is 5.56 Å². The van der Waals surface area contributed by atoms with Gasteiger partial charge in [-0.2, -0.15) is 0 Å². The quantitative estimate of drug-likeness (QED) is 0.610. The average molecular weight is 420 g/mol. The van der Waals surface area contributed by atoms with E-state index in [0.717, 1.165) is 0 Å². The Morgan fingerprint density at radius 3 is 2.43 bits per heavy atom. The highest BCUT2D eigenvalue weighted by atomic mass is 31.2. The number of aromatic nitrogens is 2. The van der Waals surface area contributed by atoms with Crippen molar-refractivity contribution in [2.75, 3.05) is 6.35 Å². The zero-order valence-electron chi connectivity index (χ0n) is 17.0. The number of nitrogens with one attached hydrogen (secondary N) is 1. The van der Waals surface area contributed by atoms with Crippen LogP contribution >= 0.6 is 7.60 Å². The van der Waals surface area contributed by atoms with E-state index in [4.69, 9.17) is 18.5 Å². The molecule has 1 aromatic rings. The third-order valence-electron chi connectivity index (χ3n) is 4.11. The molecule has 1 saturated heterocycles. The molecule has 1 aliphatic heterocycles. The first-order chi connectivity index (χ1) is 12.8. The molecule has 0 amide bonds. The van der Waals surface area contributed by atoms with Crippen LogP contribution in [0.15, 0.2) is 15.8 Å². The number of aryl methyl sites for hydroxylation is 1. The largest absolute Gasteiger partial charge is 0.387 e. The van der Waals surface area contributed by atoms with Crippen molar-refractivity contribution >= 4 is 7.60 Å². The minimum Gasteiger partial charge on any atom is -0.387 e. The van der Waals surface area contributed by atoms with Crippen LogP contribution < -0.4 is 11.2 Å². The SMILES string of the molecule is Cc1cn([C@H]2C[C@H](O)[C@](C)(OCP(=O)(OC(C)C)OC(C)C)O2)c(=O)[nH]c1=O. The fourth-order valence-corrected chi connectivity index (χ4v) is 4.71. The maximum absolute atomic E-state index is 12.9. The molecule has 2 rings (SSSR count). The molecule has 0 unspecified atom stereocenters. The maximum atomic E-state index is 12.9. The first kappa shape index (κ1) is 23.0. The summed E-state index contributed by atoms with van der Waals surface area (Å²) in [6, 6.07) is 0. The molecular formula is C17H29N2O8P. The van der Waals surface area contributed by atoms with E-state index in [1.165, 1.54) is 17.7 Å². The van der Waals surface area contributed by atoms with Crippen LogP contribution in [0.25, 0.3) is 0 Å². The summed E-state index contributed by atoms with van der Waals surface area (Å²) in [6.45, 7) is 9.93. The summed E-state index contributed by atoms with van der Waals surface area (Å²) < 4.78 is 36.4. The van der Waals surface area contributed by atoms with E-state index in [9.17, 15) is 19.3 Å². The second-order valence-corrected chi connectivity index (χ2v) is 9.41. The average Bonchev–Trinajstić information content (AvgIpc) is 2.83. The molecule has 0 spiro atoms. The first-order valence-electron chi connectivity index (χ1n) is 9.13. The monoisotopic (exact) mass is 420 g/mol. The normalized spacial score (nSPS) is 25.8. The number of rotatable bonds is 8. The molecule has 160 valence electrons. The van der Waals surface area contributed by atoms with Crippen LogP contribution in [0.3, 0.4) is 0 Å². The number of aliphatic hydroxyl groups excluding tert-OH is 1. The molecule has 1 aliphatic rings. The summed E-state index contributed by atoms with van der Waals surface area (Å²) in [5.41, 5.74) is -0.821. The van der Waals surface area contributed by atoms with E-state index in [1.54, 1.807) is 34.6 Å². The van der Waals surface area contributed by atoms with Gasteiger partial charge in [0.05, 0.1) is 12.2 Å². The summed E-state index contributed by atoms with van der Waals surface area (Å²) in [5.74, 6) is -1.54. The topological polar surface area (TPSA) is 129 Å². The lowest BCUT2D eigenvalue weighted by Gasteiger charge is -2.30. The Morgan fingerprint density at radius 1 is 1.32 bits per heavy atom. The Labute approximate surface area is 163 Å². The number of ether oxygens (including phenoxy) is 2. The molecule has 0 saturated carbocycles. The fourth-order valence-electron chi connectivity index (χ4n) is 2.84. The van der Waals surface area contributed by atoms with Crippen LogP contribution in [0.4, 0.5) is 0 Å². The van der Waals surface area contributed by atoms with Gasteiger partial charge in [0.1, 0.15) is 12.3 Å². The molecule has 1 fully saturated rings. The van der Waals surface area contributed by atoms with Gasteiger partial charge in [-0.15, -0.1) is 0 Å². The van der Waals surface area contributed by atoms with E-state index >= 15 is 0 Å². The van der Waals surface area contributed by atoms with Gasteiger partial charge in [0, 0.05) is 18.2 Å². The Morgan fingerprint density at radius 2 is 1.89 bits per heavy atom. The van der Waals surface area contributed by atoms with Crippen LogP contribution in [0, 0.1) is 6.92 Å². The minimum absolute atomic E-state index is 0.0439. The second kappa shape index (κ2) is 8.61. The minimum atomic E-state index is -3.60. The maximum Gasteiger partial charge on any atom is 0.356 e. The highest BCUT2D eigenvalue weighted by Crippen LogP contribution is 2.52. The van der Waals surface area contributed by atoms with E-state index in [1.807, 2.05) is 0 Å². The van der Waals surface area contributed by atoms with Gasteiger partial charge in [0.15, 0.2) is 12.1 Å². The van der Waals surface area contributed by atoms with Crippen molar-refractivity contribution in [3.63, 3.8) is 0 Å². The van der Waals surface area contributed by atoms with Gasteiger partial charge in [-0.25, -0.2) is 4.79 Å². The van der Waals surface area contributed by atoms with E-state index < -0.39 is 43.3 Å². The highest BCUT2D eigenvalue weighted by Gasteiger charge is 2.48. The fraction of sp³-hybridized carbons (Fsp3) is 0.765. The van der Waals surface area contributed by atoms with Crippen LogP contribution in [0.1, 0.15) is 52.8 Å². The summed E-state index contributed by atoms with van der Waals surface area (Å²) in [7, 11) is -3.60. The molecule has 0 bridgehead atoms. The molecule has 28 heavy (non-hydrogen) atoms. The van der Waals surface area contributed by atoms with Gasteiger partial charge in [-0.1, -0.05) is 0 Å². The van der Waals surface area contributed by atoms with Gasteiger partial charge in [-0.05, 0) is 41.5 Å². The Balaban J connectivity index is 2.18. The molecule has 1 aromatic heterocycles. The van der Waals surface area contributed by atoms with Gasteiger partial charge in [0.2, 0.25) is 0 Å². The number of aliphatic hydroxyl groups is 1. The lowest BCUT2D eigenvalue weighted by atomic mass is 10.1. The van der Waals surface area contributed by atoms with Crippen molar-refractivity contribution in [1.29, 1.82) is 0 Å². The summed E-state index contributed by atoms with van der Waals surface area (Å²) in [4.78, 5) is 25.8. The molecule has 11 heteroatoms. The van der Waals surface area contributed by atoms with Crippen LogP contribution in [-0.2, 0) is 23.1 Å². The molecule has 0 aliphatic carbocycles. The molecule has 10 nitrogen and oxygen atoms in total. The van der Waals surface area contributed by atoms with Crippen molar-refractivity contribution in [3.8, 4) is 0 Å². The Hall–Kier alpha value is -1.29. The number of H-pyrrole nitrogens is 1. The highest BCUT2D eigenvalue weighted by molar-refractivity contribution is 7.53. The van der Waals surface area contributed by atoms with Crippen molar-refractivity contribution in [2.24, 2.45) is 0 Å². The number of hydrogen-bond acceptors (Lipinski definition) is 8. The Kier molecular flexibility index (Phi) is 7.07. The van der Waals surface area contributed by atoms with E-state index in [0.29, 0.717) is 5.56 Å². The van der Waals surface area contributed by atoms with Crippen molar-refractivity contribution < 1.29 is 28.2 Å². The smallest absolute Gasteiger partial charge is 0.356 e. The molecule has 0 radical (unpaired) electrons. The first-order valence-corrected chi connectivity index (χ1v) is 10.9. The number of nitrogens with zero attached hydrogens (tertiary/aromatic N) is 1.